The molecule has 0 fully saturated rings. The molecule has 0 saturated heterocycles. The fraction of sp³-hybridized carbons (Fsp3) is 0.455. The minimum absolute atomic E-state index is 0.614. The van der Waals surface area contributed by atoms with Gasteiger partial charge in [0.2, 0.25) is 0 Å². The molecule has 15 heavy (non-hydrogen) atoms. The predicted octanol–water partition coefficient (Wildman–Crippen LogP) is 3.83. The first-order chi connectivity index (χ1) is 7.13. The monoisotopic (exact) mass is 263 g/mol. The Morgan fingerprint density at radius 2 is 2.13 bits per heavy atom. The van der Waals surface area contributed by atoms with Crippen molar-refractivity contribution >= 4 is 35.0 Å². The molecule has 0 aliphatic heterocycles. The molecular weight excluding hydrogens is 249 g/mol. The van der Waals surface area contributed by atoms with Gasteiger partial charge in [-0.3, -0.25) is 0 Å². The molecule has 1 atom stereocenters. The highest BCUT2D eigenvalue weighted by Gasteiger charge is 2.02. The molecule has 0 saturated carbocycles. The Kier molecular flexibility index (Phi) is 5.83. The lowest BCUT2D eigenvalue weighted by atomic mass is 10.2. The van der Waals surface area contributed by atoms with Gasteiger partial charge in [0.15, 0.2) is 0 Å². The van der Waals surface area contributed by atoms with Crippen molar-refractivity contribution in [3.63, 3.8) is 0 Å². The molecule has 4 heteroatoms. The van der Waals surface area contributed by atoms with Crippen molar-refractivity contribution in [3.05, 3.63) is 33.8 Å². The van der Waals surface area contributed by atoms with Gasteiger partial charge in [0, 0.05) is 28.4 Å². The lowest BCUT2D eigenvalue weighted by Crippen LogP contribution is -2.22. The highest BCUT2D eigenvalue weighted by atomic mass is 35.5. The van der Waals surface area contributed by atoms with Gasteiger partial charge in [-0.25, -0.2) is 0 Å². The van der Waals surface area contributed by atoms with Crippen LogP contribution in [0.2, 0.25) is 10.0 Å². The third kappa shape index (κ3) is 4.64. The Morgan fingerprint density at radius 1 is 1.40 bits per heavy atom. The first-order valence-corrected chi connectivity index (χ1v) is 6.85. The van der Waals surface area contributed by atoms with Gasteiger partial charge in [-0.15, -0.1) is 0 Å². The van der Waals surface area contributed by atoms with E-state index in [1.54, 1.807) is 6.07 Å². The lowest BCUT2D eigenvalue weighted by Gasteiger charge is -2.10. The second-order valence-corrected chi connectivity index (χ2v) is 5.53. The molecule has 1 nitrogen and oxygen atoms in total. The van der Waals surface area contributed by atoms with Crippen LogP contribution in [0.3, 0.4) is 0 Å². The average Bonchev–Trinajstić information content (AvgIpc) is 2.23. The van der Waals surface area contributed by atoms with E-state index >= 15 is 0 Å². The fourth-order valence-corrected chi connectivity index (χ4v) is 1.84. The molecule has 0 spiro atoms. The van der Waals surface area contributed by atoms with Gasteiger partial charge in [0.25, 0.3) is 0 Å². The van der Waals surface area contributed by atoms with Gasteiger partial charge in [-0.05, 0) is 30.0 Å². The maximum absolute atomic E-state index is 6.04. The van der Waals surface area contributed by atoms with Crippen molar-refractivity contribution in [1.82, 2.24) is 5.32 Å². The molecule has 0 amide bonds. The van der Waals surface area contributed by atoms with Crippen LogP contribution in [0.4, 0.5) is 0 Å². The van der Waals surface area contributed by atoms with E-state index in [9.17, 15) is 0 Å². The molecule has 1 N–H and O–H groups in total. The first kappa shape index (κ1) is 13.2. The Balaban J connectivity index is 2.46. The van der Waals surface area contributed by atoms with E-state index in [2.05, 4.69) is 18.5 Å². The van der Waals surface area contributed by atoms with Crippen LogP contribution in [0.1, 0.15) is 12.5 Å². The summed E-state index contributed by atoms with van der Waals surface area (Å²) >= 11 is 13.8. The van der Waals surface area contributed by atoms with Crippen molar-refractivity contribution in [2.75, 3.05) is 12.8 Å². The summed E-state index contributed by atoms with van der Waals surface area (Å²) < 4.78 is 0. The maximum atomic E-state index is 6.04. The number of benzene rings is 1. The van der Waals surface area contributed by atoms with E-state index in [0.29, 0.717) is 5.25 Å². The molecule has 1 unspecified atom stereocenters. The fourth-order valence-electron chi connectivity index (χ4n) is 1.17. The summed E-state index contributed by atoms with van der Waals surface area (Å²) in [6.45, 7) is 3.94. The standard InChI is InChI=1S/C11H15Cl2NS/c1-8(15-2)6-14-7-9-5-10(12)3-4-11(9)13/h3-5,8,14H,6-7H2,1-2H3. The van der Waals surface area contributed by atoms with Crippen LogP contribution in [0.5, 0.6) is 0 Å². The van der Waals surface area contributed by atoms with Gasteiger partial charge < -0.3 is 5.32 Å². The Morgan fingerprint density at radius 3 is 2.80 bits per heavy atom. The van der Waals surface area contributed by atoms with Crippen LogP contribution in [0.15, 0.2) is 18.2 Å². The molecule has 0 aliphatic carbocycles. The molecule has 0 heterocycles. The number of halogens is 2. The Bertz CT molecular complexity index is 317. The highest BCUT2D eigenvalue weighted by molar-refractivity contribution is 7.99. The number of hydrogen-bond acceptors (Lipinski definition) is 2. The van der Waals surface area contributed by atoms with Crippen LogP contribution in [0, 0.1) is 0 Å². The molecule has 1 aromatic rings. The number of hydrogen-bond donors (Lipinski definition) is 1. The Hall–Kier alpha value is 0.110. The lowest BCUT2D eigenvalue weighted by molar-refractivity contribution is 0.685. The van der Waals surface area contributed by atoms with Gasteiger partial charge >= 0.3 is 0 Å². The zero-order chi connectivity index (χ0) is 11.3. The molecule has 0 bridgehead atoms. The minimum atomic E-state index is 0.614. The summed E-state index contributed by atoms with van der Waals surface area (Å²) in [4.78, 5) is 0. The summed E-state index contributed by atoms with van der Waals surface area (Å²) in [5.74, 6) is 0. The van der Waals surface area contributed by atoms with Crippen LogP contribution in [0.25, 0.3) is 0 Å². The molecule has 1 rings (SSSR count). The number of nitrogens with one attached hydrogen (secondary N) is 1. The van der Waals surface area contributed by atoms with E-state index in [0.717, 1.165) is 28.7 Å². The second-order valence-electron chi connectivity index (χ2n) is 3.41. The van der Waals surface area contributed by atoms with Crippen molar-refractivity contribution in [3.8, 4) is 0 Å². The summed E-state index contributed by atoms with van der Waals surface area (Å²) in [6, 6.07) is 5.54. The molecule has 0 aliphatic rings. The van der Waals surface area contributed by atoms with E-state index < -0.39 is 0 Å². The zero-order valence-electron chi connectivity index (χ0n) is 8.89. The molecule has 1 aromatic carbocycles. The largest absolute Gasteiger partial charge is 0.312 e. The Labute approximate surface area is 106 Å². The summed E-state index contributed by atoms with van der Waals surface area (Å²) in [5.41, 5.74) is 1.05. The predicted molar refractivity (Wildman–Crippen MR) is 71.1 cm³/mol. The SMILES string of the molecule is CSC(C)CNCc1cc(Cl)ccc1Cl. The molecular formula is C11H15Cl2NS. The van der Waals surface area contributed by atoms with Crippen LogP contribution in [-0.2, 0) is 6.54 Å². The van der Waals surface area contributed by atoms with Crippen molar-refractivity contribution in [2.24, 2.45) is 0 Å². The third-order valence-corrected chi connectivity index (χ3v) is 3.73. The van der Waals surface area contributed by atoms with Crippen molar-refractivity contribution in [1.29, 1.82) is 0 Å². The van der Waals surface area contributed by atoms with Crippen LogP contribution in [-0.4, -0.2) is 18.1 Å². The second kappa shape index (κ2) is 6.64. The summed E-state index contributed by atoms with van der Waals surface area (Å²) in [6.07, 6.45) is 2.11. The maximum Gasteiger partial charge on any atom is 0.0451 e. The first-order valence-electron chi connectivity index (χ1n) is 4.81. The quantitative estimate of drug-likeness (QED) is 0.867. The minimum Gasteiger partial charge on any atom is -0.312 e. The zero-order valence-corrected chi connectivity index (χ0v) is 11.2. The summed E-state index contributed by atoms with van der Waals surface area (Å²) in [7, 11) is 0. The van der Waals surface area contributed by atoms with Crippen LogP contribution < -0.4 is 5.32 Å². The van der Waals surface area contributed by atoms with E-state index in [4.69, 9.17) is 23.2 Å². The molecule has 0 radical (unpaired) electrons. The number of thioether (sulfide) groups is 1. The van der Waals surface area contributed by atoms with Gasteiger partial charge in [0.1, 0.15) is 0 Å². The van der Waals surface area contributed by atoms with E-state index in [1.807, 2.05) is 23.9 Å². The molecule has 84 valence electrons. The summed E-state index contributed by atoms with van der Waals surface area (Å²) in [5, 5.41) is 5.47. The third-order valence-electron chi connectivity index (χ3n) is 2.16. The van der Waals surface area contributed by atoms with Gasteiger partial charge in [-0.1, -0.05) is 30.1 Å². The van der Waals surface area contributed by atoms with Gasteiger partial charge in [0.05, 0.1) is 0 Å². The average molecular weight is 264 g/mol. The number of rotatable bonds is 5. The molecule has 0 aromatic heterocycles. The highest BCUT2D eigenvalue weighted by Crippen LogP contribution is 2.20. The van der Waals surface area contributed by atoms with E-state index in [-0.39, 0.29) is 0 Å². The normalized spacial score (nSPS) is 12.8. The van der Waals surface area contributed by atoms with Crippen molar-refractivity contribution in [2.45, 2.75) is 18.7 Å². The van der Waals surface area contributed by atoms with E-state index in [1.165, 1.54) is 0 Å². The smallest absolute Gasteiger partial charge is 0.0451 e. The topological polar surface area (TPSA) is 12.0 Å². The van der Waals surface area contributed by atoms with Crippen LogP contribution >= 0.6 is 35.0 Å². The van der Waals surface area contributed by atoms with Gasteiger partial charge in [-0.2, -0.15) is 11.8 Å². The van der Waals surface area contributed by atoms with Crippen molar-refractivity contribution < 1.29 is 0 Å².